The Morgan fingerprint density at radius 3 is 3.08 bits per heavy atom. The number of hydrogen-bond donors (Lipinski definition) is 2. The summed E-state index contributed by atoms with van der Waals surface area (Å²) in [6, 6.07) is 0. The smallest absolute Gasteiger partial charge is 0.174 e. The number of rotatable bonds is 4. The molecule has 1 fully saturated rings. The molecule has 0 spiro atoms. The van der Waals surface area contributed by atoms with Gasteiger partial charge in [0.1, 0.15) is 5.84 Å². The second kappa shape index (κ2) is 4.04. The zero-order valence-corrected chi connectivity index (χ0v) is 7.75. The van der Waals surface area contributed by atoms with Gasteiger partial charge in [-0.05, 0) is 13.3 Å². The standard InChI is InChI=1S/C8H15N3O2/c1-6-10-8(11-13-6)5-9-4-7-2-3-12-7/h6-7,9H,2-5H2,1H3,(H,10,11). The fraction of sp³-hybridized carbons (Fsp3) is 0.875. The van der Waals surface area contributed by atoms with E-state index in [9.17, 15) is 0 Å². The monoisotopic (exact) mass is 185 g/mol. The second-order valence-corrected chi connectivity index (χ2v) is 3.31. The van der Waals surface area contributed by atoms with E-state index in [4.69, 9.17) is 9.57 Å². The molecular formula is C8H15N3O2. The number of amidine groups is 1. The highest BCUT2D eigenvalue weighted by molar-refractivity contribution is 5.84. The summed E-state index contributed by atoms with van der Waals surface area (Å²) in [6.45, 7) is 4.43. The van der Waals surface area contributed by atoms with E-state index in [1.807, 2.05) is 6.92 Å². The van der Waals surface area contributed by atoms with Gasteiger partial charge in [0, 0.05) is 13.2 Å². The molecule has 2 unspecified atom stereocenters. The number of hydroxylamine groups is 1. The molecule has 0 saturated carbocycles. The molecular weight excluding hydrogens is 170 g/mol. The zero-order valence-electron chi connectivity index (χ0n) is 7.75. The van der Waals surface area contributed by atoms with Gasteiger partial charge in [-0.15, -0.1) is 0 Å². The third-order valence-electron chi connectivity index (χ3n) is 2.14. The van der Waals surface area contributed by atoms with E-state index < -0.39 is 0 Å². The van der Waals surface area contributed by atoms with Gasteiger partial charge < -0.3 is 10.1 Å². The molecule has 1 saturated heterocycles. The number of nitrogens with zero attached hydrogens (tertiary/aromatic N) is 1. The molecule has 2 aliphatic heterocycles. The van der Waals surface area contributed by atoms with Crippen LogP contribution in [-0.2, 0) is 9.57 Å². The van der Waals surface area contributed by atoms with Crippen LogP contribution >= 0.6 is 0 Å². The first-order valence-electron chi connectivity index (χ1n) is 4.65. The van der Waals surface area contributed by atoms with Crippen molar-refractivity contribution in [3.63, 3.8) is 0 Å². The predicted octanol–water partition coefficient (Wildman–Crippen LogP) is -0.356. The summed E-state index contributed by atoms with van der Waals surface area (Å²) in [7, 11) is 0. The minimum absolute atomic E-state index is 0.0586. The fourth-order valence-corrected chi connectivity index (χ4v) is 1.30. The van der Waals surface area contributed by atoms with E-state index in [-0.39, 0.29) is 6.23 Å². The van der Waals surface area contributed by atoms with Gasteiger partial charge in [-0.25, -0.2) is 15.3 Å². The minimum Gasteiger partial charge on any atom is -0.377 e. The van der Waals surface area contributed by atoms with Crippen LogP contribution in [0.15, 0.2) is 4.99 Å². The maximum Gasteiger partial charge on any atom is 0.174 e. The third kappa shape index (κ3) is 2.40. The molecule has 74 valence electrons. The highest BCUT2D eigenvalue weighted by Gasteiger charge is 2.18. The van der Waals surface area contributed by atoms with Crippen molar-refractivity contribution in [2.45, 2.75) is 25.7 Å². The molecule has 2 rings (SSSR count). The molecule has 0 bridgehead atoms. The molecule has 2 aliphatic rings. The quantitative estimate of drug-likeness (QED) is 0.628. The summed E-state index contributed by atoms with van der Waals surface area (Å²) >= 11 is 0. The predicted molar refractivity (Wildman–Crippen MR) is 48.3 cm³/mol. The van der Waals surface area contributed by atoms with E-state index in [1.165, 1.54) is 6.42 Å². The van der Waals surface area contributed by atoms with Crippen LogP contribution in [0.2, 0.25) is 0 Å². The Morgan fingerprint density at radius 1 is 1.69 bits per heavy atom. The Labute approximate surface area is 77.5 Å². The van der Waals surface area contributed by atoms with Gasteiger partial charge in [-0.3, -0.25) is 0 Å². The van der Waals surface area contributed by atoms with Gasteiger partial charge in [0.15, 0.2) is 6.23 Å². The van der Waals surface area contributed by atoms with Crippen molar-refractivity contribution in [3.8, 4) is 0 Å². The van der Waals surface area contributed by atoms with Crippen molar-refractivity contribution in [2.24, 2.45) is 4.99 Å². The van der Waals surface area contributed by atoms with Crippen molar-refractivity contribution in [1.29, 1.82) is 0 Å². The average Bonchev–Trinajstić information content (AvgIpc) is 2.42. The van der Waals surface area contributed by atoms with Crippen molar-refractivity contribution in [2.75, 3.05) is 19.7 Å². The Bertz CT molecular complexity index is 204. The van der Waals surface area contributed by atoms with Gasteiger partial charge in [-0.2, -0.15) is 0 Å². The van der Waals surface area contributed by atoms with Gasteiger partial charge >= 0.3 is 0 Å². The number of nitrogens with one attached hydrogen (secondary N) is 2. The van der Waals surface area contributed by atoms with E-state index >= 15 is 0 Å². The van der Waals surface area contributed by atoms with Crippen LogP contribution in [0, 0.1) is 0 Å². The summed E-state index contributed by atoms with van der Waals surface area (Å²) in [5, 5.41) is 3.25. The van der Waals surface area contributed by atoms with Crippen LogP contribution in [-0.4, -0.2) is 37.9 Å². The highest BCUT2D eigenvalue weighted by Crippen LogP contribution is 2.08. The number of ether oxygens (including phenoxy) is 1. The lowest BCUT2D eigenvalue weighted by molar-refractivity contribution is -0.0477. The van der Waals surface area contributed by atoms with Crippen LogP contribution in [0.25, 0.3) is 0 Å². The lowest BCUT2D eigenvalue weighted by Gasteiger charge is -2.26. The fourth-order valence-electron chi connectivity index (χ4n) is 1.30. The van der Waals surface area contributed by atoms with Crippen molar-refractivity contribution < 1.29 is 9.57 Å². The van der Waals surface area contributed by atoms with E-state index in [0.29, 0.717) is 6.10 Å². The van der Waals surface area contributed by atoms with Crippen LogP contribution in [0.4, 0.5) is 0 Å². The summed E-state index contributed by atoms with van der Waals surface area (Å²) < 4.78 is 5.26. The van der Waals surface area contributed by atoms with Gasteiger partial charge in [0.2, 0.25) is 0 Å². The third-order valence-corrected chi connectivity index (χ3v) is 2.14. The number of aliphatic imine (C=N–C) groups is 1. The minimum atomic E-state index is -0.0586. The first-order chi connectivity index (χ1) is 6.34. The normalized spacial score (nSPS) is 32.2. The lowest BCUT2D eigenvalue weighted by Crippen LogP contribution is -2.40. The molecule has 5 heteroatoms. The SMILES string of the molecule is CC1N=C(CNCC2CCO2)NO1. The molecule has 0 aliphatic carbocycles. The molecule has 5 nitrogen and oxygen atoms in total. The largest absolute Gasteiger partial charge is 0.377 e. The maximum absolute atomic E-state index is 5.26. The van der Waals surface area contributed by atoms with Crippen LogP contribution in [0.3, 0.4) is 0 Å². The topological polar surface area (TPSA) is 54.9 Å². The molecule has 0 radical (unpaired) electrons. The van der Waals surface area contributed by atoms with Gasteiger partial charge in [-0.1, -0.05) is 0 Å². The van der Waals surface area contributed by atoms with E-state index in [0.717, 1.165) is 25.5 Å². The lowest BCUT2D eigenvalue weighted by atomic mass is 10.2. The molecule has 0 aromatic rings. The van der Waals surface area contributed by atoms with E-state index in [2.05, 4.69) is 15.8 Å². The molecule has 13 heavy (non-hydrogen) atoms. The van der Waals surface area contributed by atoms with Crippen LogP contribution in [0.1, 0.15) is 13.3 Å². The summed E-state index contributed by atoms with van der Waals surface area (Å²) in [5.41, 5.74) is 2.76. The Hall–Kier alpha value is -0.650. The van der Waals surface area contributed by atoms with Crippen molar-refractivity contribution in [3.05, 3.63) is 0 Å². The van der Waals surface area contributed by atoms with E-state index in [1.54, 1.807) is 0 Å². The molecule has 0 aromatic heterocycles. The molecule has 0 amide bonds. The van der Waals surface area contributed by atoms with Gasteiger partial charge in [0.25, 0.3) is 0 Å². The van der Waals surface area contributed by atoms with Crippen LogP contribution < -0.4 is 10.8 Å². The summed E-state index contributed by atoms with van der Waals surface area (Å²) in [4.78, 5) is 9.25. The maximum atomic E-state index is 5.26. The summed E-state index contributed by atoms with van der Waals surface area (Å²) in [5.74, 6) is 0.867. The Morgan fingerprint density at radius 2 is 2.54 bits per heavy atom. The Kier molecular flexibility index (Phi) is 2.77. The first-order valence-corrected chi connectivity index (χ1v) is 4.65. The molecule has 2 heterocycles. The van der Waals surface area contributed by atoms with Gasteiger partial charge in [0.05, 0.1) is 12.6 Å². The van der Waals surface area contributed by atoms with Crippen LogP contribution in [0.5, 0.6) is 0 Å². The first kappa shape index (κ1) is 8.93. The highest BCUT2D eigenvalue weighted by atomic mass is 16.7. The molecule has 0 aromatic carbocycles. The number of hydrogen-bond acceptors (Lipinski definition) is 5. The second-order valence-electron chi connectivity index (χ2n) is 3.31. The zero-order chi connectivity index (χ0) is 9.10. The molecule has 2 N–H and O–H groups in total. The van der Waals surface area contributed by atoms with Crippen molar-refractivity contribution >= 4 is 5.84 Å². The average molecular weight is 185 g/mol. The Balaban J connectivity index is 1.59. The van der Waals surface area contributed by atoms with Crippen molar-refractivity contribution in [1.82, 2.24) is 10.8 Å². The molecule has 2 atom stereocenters. The summed E-state index contributed by atoms with van der Waals surface area (Å²) in [6.07, 6.45) is 1.51.